The fourth-order valence-corrected chi connectivity index (χ4v) is 1.02. The van der Waals surface area contributed by atoms with E-state index >= 15 is 0 Å². The third kappa shape index (κ3) is 19.2. The molecule has 0 bridgehead atoms. The van der Waals surface area contributed by atoms with Crippen molar-refractivity contribution in [2.75, 3.05) is 19.6 Å². The molecule has 0 amide bonds. The van der Waals surface area contributed by atoms with Gasteiger partial charge in [-0.25, -0.2) is 0 Å². The zero-order valence-corrected chi connectivity index (χ0v) is 11.3. The fourth-order valence-electron chi connectivity index (χ4n) is 1.02. The van der Waals surface area contributed by atoms with Crippen LogP contribution in [0.1, 0.15) is 25.7 Å². The number of rotatable bonds is 8. The van der Waals surface area contributed by atoms with Crippen LogP contribution in [0.25, 0.3) is 0 Å². The minimum absolute atomic E-state index is 0. The van der Waals surface area contributed by atoms with E-state index in [4.69, 9.17) is 5.73 Å². The number of unbranched alkanes of at least 4 members (excludes halogenated alkanes) is 3. The first kappa shape index (κ1) is 19.2. The Hall–Kier alpha value is 0.620. The van der Waals surface area contributed by atoms with Crippen LogP contribution in [0.4, 0.5) is 0 Å². The summed E-state index contributed by atoms with van der Waals surface area (Å²) in [6.07, 6.45) is 7.05. The van der Waals surface area contributed by atoms with Crippen LogP contribution in [0.15, 0.2) is 12.7 Å². The molecule has 4 heteroatoms. The van der Waals surface area contributed by atoms with Gasteiger partial charge in [-0.2, -0.15) is 0 Å². The molecule has 0 saturated carbocycles. The molecule has 0 spiro atoms. The molecule has 0 rings (SSSR count). The van der Waals surface area contributed by atoms with Gasteiger partial charge in [0, 0.05) is 0 Å². The summed E-state index contributed by atoms with van der Waals surface area (Å²) in [6.45, 7) is 6.79. The van der Waals surface area contributed by atoms with Gasteiger partial charge in [0.15, 0.2) is 0 Å². The number of hydrogen-bond acceptors (Lipinski definition) is 1. The summed E-state index contributed by atoms with van der Waals surface area (Å²) in [5, 5.41) is 2.29. The molecule has 0 aliphatic rings. The second-order valence-electron chi connectivity index (χ2n) is 2.80. The van der Waals surface area contributed by atoms with Crippen molar-refractivity contribution in [2.24, 2.45) is 5.73 Å². The largest absolute Gasteiger partial charge is 1.00 e. The highest BCUT2D eigenvalue weighted by Gasteiger charge is 1.89. The Labute approximate surface area is 103 Å². The third-order valence-corrected chi connectivity index (χ3v) is 1.70. The Balaban J connectivity index is -0.000000500. The van der Waals surface area contributed by atoms with Crippen molar-refractivity contribution in [1.29, 1.82) is 0 Å². The van der Waals surface area contributed by atoms with Crippen molar-refractivity contribution in [1.82, 2.24) is 0 Å². The lowest BCUT2D eigenvalue weighted by atomic mass is 10.2. The molecule has 0 unspecified atom stereocenters. The Morgan fingerprint density at radius 3 is 2.23 bits per heavy atom. The molecule has 2 nitrogen and oxygen atoms in total. The average Bonchev–Trinajstić information content (AvgIpc) is 2.03. The summed E-state index contributed by atoms with van der Waals surface area (Å²) >= 11 is 0. The second kappa shape index (κ2) is 18.4. The van der Waals surface area contributed by atoms with E-state index in [1.54, 1.807) is 0 Å². The highest BCUT2D eigenvalue weighted by Crippen LogP contribution is 1.95. The topological polar surface area (TPSA) is 42.6 Å². The van der Waals surface area contributed by atoms with Gasteiger partial charge in [0.05, 0.1) is 13.1 Å². The van der Waals surface area contributed by atoms with Gasteiger partial charge in [0.2, 0.25) is 0 Å². The van der Waals surface area contributed by atoms with E-state index in [1.807, 2.05) is 6.08 Å². The Bertz CT molecular complexity index is 89.7. The van der Waals surface area contributed by atoms with Gasteiger partial charge >= 0.3 is 0 Å². The Morgan fingerprint density at radius 2 is 1.69 bits per heavy atom. The average molecular weight is 317 g/mol. The van der Waals surface area contributed by atoms with Crippen molar-refractivity contribution < 1.29 is 39.3 Å². The van der Waals surface area contributed by atoms with Gasteiger partial charge in [-0.3, -0.25) is 0 Å². The number of halogens is 2. The van der Waals surface area contributed by atoms with Gasteiger partial charge in [0.25, 0.3) is 0 Å². The summed E-state index contributed by atoms with van der Waals surface area (Å²) < 4.78 is 0. The van der Waals surface area contributed by atoms with E-state index in [0.717, 1.165) is 13.1 Å². The van der Waals surface area contributed by atoms with Gasteiger partial charge in [-0.15, -0.1) is 0 Å². The van der Waals surface area contributed by atoms with Crippen LogP contribution in [-0.4, -0.2) is 19.6 Å². The first-order valence-corrected chi connectivity index (χ1v) is 4.54. The van der Waals surface area contributed by atoms with E-state index in [0.29, 0.717) is 0 Å². The molecule has 0 saturated heterocycles. The molecule has 0 fully saturated rings. The van der Waals surface area contributed by atoms with E-state index in [2.05, 4.69) is 11.9 Å². The second-order valence-corrected chi connectivity index (χ2v) is 2.80. The maximum absolute atomic E-state index is 5.37. The van der Waals surface area contributed by atoms with Crippen LogP contribution in [0, 0.1) is 0 Å². The quantitative estimate of drug-likeness (QED) is 0.340. The molecular formula is C9H21Br2N2-. The summed E-state index contributed by atoms with van der Waals surface area (Å²) in [5.41, 5.74) is 5.37. The Kier molecular flexibility index (Phi) is 27.2. The summed E-state index contributed by atoms with van der Waals surface area (Å²) in [7, 11) is 0. The molecule has 0 aromatic carbocycles. The first-order chi connectivity index (χ1) is 5.41. The van der Waals surface area contributed by atoms with Gasteiger partial charge in [0.1, 0.15) is 0 Å². The van der Waals surface area contributed by atoms with Crippen molar-refractivity contribution in [2.45, 2.75) is 25.7 Å². The third-order valence-electron chi connectivity index (χ3n) is 1.70. The molecule has 0 aromatic rings. The molecule has 0 aromatic heterocycles. The molecule has 4 N–H and O–H groups in total. The van der Waals surface area contributed by atoms with Crippen LogP contribution in [0.5, 0.6) is 0 Å². The molecular weight excluding hydrogens is 296 g/mol. The van der Waals surface area contributed by atoms with Crippen LogP contribution >= 0.6 is 0 Å². The lowest BCUT2D eigenvalue weighted by Crippen LogP contribution is -3.00. The smallest absolute Gasteiger partial charge is 0.0939 e. The zero-order valence-electron chi connectivity index (χ0n) is 8.14. The molecule has 13 heavy (non-hydrogen) atoms. The van der Waals surface area contributed by atoms with E-state index < -0.39 is 0 Å². The Morgan fingerprint density at radius 1 is 1.08 bits per heavy atom. The van der Waals surface area contributed by atoms with Crippen LogP contribution < -0.4 is 45.0 Å². The maximum Gasteiger partial charge on any atom is 0.0939 e. The molecule has 0 aliphatic carbocycles. The predicted octanol–water partition coefficient (Wildman–Crippen LogP) is -5.74. The minimum atomic E-state index is 0. The normalized spacial score (nSPS) is 8.38. The molecule has 82 valence electrons. The predicted molar refractivity (Wildman–Crippen MR) is 49.4 cm³/mol. The first-order valence-electron chi connectivity index (χ1n) is 4.54. The highest BCUT2D eigenvalue weighted by atomic mass is 79.9. The zero-order chi connectivity index (χ0) is 8.36. The van der Waals surface area contributed by atoms with E-state index in [9.17, 15) is 0 Å². The summed E-state index contributed by atoms with van der Waals surface area (Å²) in [5.74, 6) is 0. The molecule has 0 aliphatic heterocycles. The van der Waals surface area contributed by atoms with Crippen molar-refractivity contribution in [3.05, 3.63) is 12.7 Å². The standard InChI is InChI=1S/C9H20N2.2BrH/c1-2-8-11-9-6-4-3-5-7-10;;/h2,11H,1,3-10H2;2*1H/p-1. The van der Waals surface area contributed by atoms with Crippen LogP contribution in [0.3, 0.4) is 0 Å². The van der Waals surface area contributed by atoms with Crippen molar-refractivity contribution in [3.63, 3.8) is 0 Å². The molecule has 0 heterocycles. The van der Waals surface area contributed by atoms with Crippen LogP contribution in [-0.2, 0) is 0 Å². The maximum atomic E-state index is 5.37. The van der Waals surface area contributed by atoms with Gasteiger partial charge in [-0.05, 0) is 31.9 Å². The van der Waals surface area contributed by atoms with Gasteiger partial charge < -0.3 is 45.0 Å². The lowest BCUT2D eigenvalue weighted by molar-refractivity contribution is -0.646. The number of quaternary nitrogens is 1. The van der Waals surface area contributed by atoms with Gasteiger partial charge in [-0.1, -0.05) is 13.0 Å². The SMILES string of the molecule is C=CC[NH2+]CCCCCCN.[Br-].[Br-]. The number of hydrogen-bond donors (Lipinski definition) is 2. The van der Waals surface area contributed by atoms with Crippen molar-refractivity contribution >= 4 is 0 Å². The lowest BCUT2D eigenvalue weighted by Gasteiger charge is -1.98. The van der Waals surface area contributed by atoms with E-state index in [-0.39, 0.29) is 34.0 Å². The molecule has 0 atom stereocenters. The summed E-state index contributed by atoms with van der Waals surface area (Å²) in [4.78, 5) is 0. The monoisotopic (exact) mass is 315 g/mol. The molecule has 0 radical (unpaired) electrons. The fraction of sp³-hybridized carbons (Fsp3) is 0.778. The number of nitrogens with two attached hydrogens (primary N) is 2. The highest BCUT2D eigenvalue weighted by molar-refractivity contribution is 4.61. The van der Waals surface area contributed by atoms with E-state index in [1.165, 1.54) is 32.2 Å². The minimum Gasteiger partial charge on any atom is -1.00 e. The summed E-state index contributed by atoms with van der Waals surface area (Å²) in [6, 6.07) is 0. The van der Waals surface area contributed by atoms with Crippen LogP contribution in [0.2, 0.25) is 0 Å². The van der Waals surface area contributed by atoms with Crippen molar-refractivity contribution in [3.8, 4) is 0 Å².